The van der Waals surface area contributed by atoms with Gasteiger partial charge in [-0.3, -0.25) is 9.59 Å². The number of nitrogens with zero attached hydrogens (tertiary/aromatic N) is 1. The van der Waals surface area contributed by atoms with E-state index in [0.29, 0.717) is 57.7 Å². The topological polar surface area (TPSA) is 91.8 Å². The van der Waals surface area contributed by atoms with E-state index in [-0.39, 0.29) is 17.5 Å². The molecule has 1 aliphatic heterocycles. The Kier molecular flexibility index (Phi) is 19.5. The van der Waals surface area contributed by atoms with E-state index in [1.807, 2.05) is 35.2 Å². The van der Waals surface area contributed by atoms with E-state index in [0.717, 1.165) is 75.0 Å². The second kappa shape index (κ2) is 22.4. The highest BCUT2D eigenvalue weighted by atomic mass is 33.1. The zero-order chi connectivity index (χ0) is 28.0. The predicted molar refractivity (Wildman–Crippen MR) is 158 cm³/mol. The highest BCUT2D eigenvalue weighted by Crippen LogP contribution is 2.29. The number of hydrogen-bond acceptors (Lipinski definition) is 9. The Bertz CT molecular complexity index is 802. The van der Waals surface area contributed by atoms with Crippen LogP contribution in [-0.4, -0.2) is 54.4 Å². The van der Waals surface area contributed by atoms with Crippen molar-refractivity contribution in [3.8, 4) is 0 Å². The molecule has 0 bridgehead atoms. The maximum atomic E-state index is 12.3. The molecule has 0 unspecified atom stereocenters. The van der Waals surface area contributed by atoms with Gasteiger partial charge in [-0.25, -0.2) is 4.98 Å². The van der Waals surface area contributed by atoms with E-state index >= 15 is 0 Å². The summed E-state index contributed by atoms with van der Waals surface area (Å²) in [7, 11) is 3.52. The Morgan fingerprint density at radius 3 is 2.15 bits per heavy atom. The summed E-state index contributed by atoms with van der Waals surface area (Å²) in [6, 6.07) is 5.93. The maximum absolute atomic E-state index is 12.3. The molecule has 1 aromatic heterocycles. The van der Waals surface area contributed by atoms with Crippen LogP contribution in [0.5, 0.6) is 0 Å². The van der Waals surface area contributed by atoms with E-state index in [9.17, 15) is 14.4 Å². The van der Waals surface area contributed by atoms with Crippen LogP contribution in [0.1, 0.15) is 103 Å². The van der Waals surface area contributed by atoms with Crippen molar-refractivity contribution in [1.82, 2.24) is 4.98 Å². The van der Waals surface area contributed by atoms with E-state index < -0.39 is 6.48 Å². The van der Waals surface area contributed by atoms with Crippen molar-refractivity contribution in [3.05, 3.63) is 24.4 Å². The number of unbranched alkanes of at least 4 members (excludes halogenated alkanes) is 7. The molecule has 39 heavy (non-hydrogen) atoms. The van der Waals surface area contributed by atoms with Crippen molar-refractivity contribution >= 4 is 38.9 Å². The quantitative estimate of drug-likeness (QED) is 0.0916. The van der Waals surface area contributed by atoms with Gasteiger partial charge in [-0.15, -0.1) is 0 Å². The average molecular weight is 582 g/mol. The summed E-state index contributed by atoms with van der Waals surface area (Å²) >= 11 is 0. The van der Waals surface area contributed by atoms with Crippen molar-refractivity contribution in [3.63, 3.8) is 0 Å². The molecule has 2 heterocycles. The van der Waals surface area contributed by atoms with Gasteiger partial charge < -0.3 is 19.0 Å². The minimum Gasteiger partial charge on any atom is -0.330 e. The summed E-state index contributed by atoms with van der Waals surface area (Å²) in [6.45, 7) is 2.49. The van der Waals surface area contributed by atoms with Crippen LogP contribution in [-0.2, 0) is 28.6 Å². The Hall–Kier alpha value is -1.26. The first-order valence-corrected chi connectivity index (χ1v) is 16.9. The van der Waals surface area contributed by atoms with Crippen LogP contribution in [0.15, 0.2) is 29.4 Å². The van der Waals surface area contributed by atoms with Crippen LogP contribution in [0.25, 0.3) is 0 Å². The first-order chi connectivity index (χ1) is 19.0. The van der Waals surface area contributed by atoms with E-state index in [1.165, 1.54) is 0 Å². The molecule has 9 heteroatoms. The van der Waals surface area contributed by atoms with Crippen LogP contribution < -0.4 is 0 Å². The molecule has 1 fully saturated rings. The standard InChI is InChI=1S/C30H47NO6S2/c1-25(32)14-6-2-3-7-15-27(33)16-8-4-12-20-35-30-36-23-26(24-37-30)22-28(34)17-9-5-13-21-38-39-29-18-10-11-19-31-29/h10-11,18-19,26,30H,2-9,12-17,20-24H2,1H3. The minimum absolute atomic E-state index is 0.0998. The molecule has 0 aromatic carbocycles. The largest absolute Gasteiger partial charge is 0.330 e. The SMILES string of the molecule is CC(=O)CCCCCCC(=O)CCCCCOC1OCC(CC(=O)CCCCCSSc2ccccn2)CO1. The zero-order valence-electron chi connectivity index (χ0n) is 23.6. The third kappa shape index (κ3) is 18.7. The lowest BCUT2D eigenvalue weighted by atomic mass is 10.0. The Balaban J connectivity index is 1.35. The van der Waals surface area contributed by atoms with Crippen molar-refractivity contribution in [2.24, 2.45) is 5.92 Å². The molecule has 1 aromatic rings. The summed E-state index contributed by atoms with van der Waals surface area (Å²) in [4.78, 5) is 39.5. The fourth-order valence-electron chi connectivity index (χ4n) is 4.28. The monoisotopic (exact) mass is 581 g/mol. The number of ether oxygens (including phenoxy) is 3. The third-order valence-electron chi connectivity index (χ3n) is 6.51. The van der Waals surface area contributed by atoms with Gasteiger partial charge in [-0.05, 0) is 68.4 Å². The second-order valence-corrected chi connectivity index (χ2v) is 12.7. The van der Waals surface area contributed by atoms with Crippen LogP contribution in [0, 0.1) is 5.92 Å². The van der Waals surface area contributed by atoms with Gasteiger partial charge in [0.15, 0.2) is 0 Å². The van der Waals surface area contributed by atoms with E-state index in [1.54, 1.807) is 17.7 Å². The van der Waals surface area contributed by atoms with Gasteiger partial charge in [-0.1, -0.05) is 42.5 Å². The molecule has 0 atom stereocenters. The van der Waals surface area contributed by atoms with Crippen molar-refractivity contribution in [2.75, 3.05) is 25.6 Å². The lowest BCUT2D eigenvalue weighted by Crippen LogP contribution is -2.35. The average Bonchev–Trinajstić information content (AvgIpc) is 2.93. The molecule has 220 valence electrons. The summed E-state index contributed by atoms with van der Waals surface area (Å²) < 4.78 is 17.0. The number of rotatable bonds is 24. The smallest absolute Gasteiger partial charge is 0.271 e. The number of carbonyl (C=O) groups is 3. The first kappa shape index (κ1) is 33.9. The summed E-state index contributed by atoms with van der Waals surface area (Å²) in [5.41, 5.74) is 0. The van der Waals surface area contributed by atoms with Crippen LogP contribution >= 0.6 is 21.6 Å². The van der Waals surface area contributed by atoms with Crippen LogP contribution in [0.4, 0.5) is 0 Å². The van der Waals surface area contributed by atoms with Gasteiger partial charge in [0.1, 0.15) is 22.4 Å². The van der Waals surface area contributed by atoms with Gasteiger partial charge in [-0.2, -0.15) is 0 Å². The molecule has 7 nitrogen and oxygen atoms in total. The lowest BCUT2D eigenvalue weighted by Gasteiger charge is -2.28. The third-order valence-corrected chi connectivity index (χ3v) is 8.86. The van der Waals surface area contributed by atoms with Gasteiger partial charge in [0, 0.05) is 50.0 Å². The highest BCUT2D eigenvalue weighted by Gasteiger charge is 2.24. The first-order valence-electron chi connectivity index (χ1n) is 14.6. The lowest BCUT2D eigenvalue weighted by molar-refractivity contribution is -0.322. The molecule has 0 saturated carbocycles. The Morgan fingerprint density at radius 1 is 0.846 bits per heavy atom. The van der Waals surface area contributed by atoms with Gasteiger partial charge in [0.2, 0.25) is 0 Å². The van der Waals surface area contributed by atoms with Crippen LogP contribution in [0.3, 0.4) is 0 Å². The van der Waals surface area contributed by atoms with Gasteiger partial charge in [0.25, 0.3) is 6.48 Å². The van der Waals surface area contributed by atoms with Crippen molar-refractivity contribution in [1.29, 1.82) is 0 Å². The normalized spacial score (nSPS) is 17.3. The summed E-state index contributed by atoms with van der Waals surface area (Å²) in [5, 5.41) is 1.03. The molecule has 2 rings (SSSR count). The van der Waals surface area contributed by atoms with Crippen molar-refractivity contribution < 1.29 is 28.6 Å². The fourth-order valence-corrected chi connectivity index (χ4v) is 6.30. The fraction of sp³-hybridized carbons (Fsp3) is 0.733. The van der Waals surface area contributed by atoms with E-state index in [4.69, 9.17) is 14.2 Å². The molecule has 1 saturated heterocycles. The molecule has 1 aliphatic rings. The number of Topliss-reactive ketones (excluding diaryl/α,β-unsaturated/α-hetero) is 3. The minimum atomic E-state index is -0.651. The maximum Gasteiger partial charge on any atom is 0.271 e. The Morgan fingerprint density at radius 2 is 1.49 bits per heavy atom. The molecule has 0 radical (unpaired) electrons. The predicted octanol–water partition coefficient (Wildman–Crippen LogP) is 7.36. The number of carbonyl (C=O) groups excluding carboxylic acids is 3. The molecular weight excluding hydrogens is 534 g/mol. The van der Waals surface area contributed by atoms with E-state index in [2.05, 4.69) is 4.98 Å². The van der Waals surface area contributed by atoms with Crippen molar-refractivity contribution in [2.45, 2.75) is 115 Å². The molecular formula is C30H47NO6S2. The Labute approximate surface area is 242 Å². The zero-order valence-corrected chi connectivity index (χ0v) is 25.2. The number of hydrogen-bond donors (Lipinski definition) is 0. The summed E-state index contributed by atoms with van der Waals surface area (Å²) in [6.07, 6.45) is 14.6. The molecule has 0 N–H and O–H groups in total. The molecule has 0 spiro atoms. The molecule has 0 aliphatic carbocycles. The molecule has 0 amide bonds. The highest BCUT2D eigenvalue weighted by molar-refractivity contribution is 8.76. The number of ketones is 3. The number of pyridine rings is 1. The second-order valence-electron chi connectivity index (χ2n) is 10.3. The van der Waals surface area contributed by atoms with Gasteiger partial charge in [0.05, 0.1) is 19.8 Å². The van der Waals surface area contributed by atoms with Gasteiger partial charge >= 0.3 is 0 Å². The van der Waals surface area contributed by atoms with Crippen LogP contribution in [0.2, 0.25) is 0 Å². The summed E-state index contributed by atoms with van der Waals surface area (Å²) in [5.74, 6) is 2.01. The number of aromatic nitrogens is 1.